The maximum absolute atomic E-state index is 12.9. The number of carbonyl (C=O) groups excluding carboxylic acids is 1. The minimum absolute atomic E-state index is 0.0624. The van der Waals surface area contributed by atoms with Crippen LogP contribution in [0.4, 0.5) is 18.0 Å². The van der Waals surface area contributed by atoms with Crippen molar-refractivity contribution in [3.05, 3.63) is 64.7 Å². The summed E-state index contributed by atoms with van der Waals surface area (Å²) in [7, 11) is 0. The molecule has 0 aliphatic carbocycles. The standard InChI is InChI=1S/C28H31F3N2O3/c1-27(2)17-35-23-15-19(4-3-18-5-8-21(9-6-18)28(29,30)31)7-10-22(23)25(27)32-26(34)36-24-16-33-13-11-20(24)12-14-33/h3-10,15,20,24-25H,11-14,16-17H2,1-2H3,(H,32,34)/b4-3+/t24-,25?/m1/s1. The number of alkyl halides is 3. The number of halogens is 3. The molecule has 1 amide bonds. The van der Waals surface area contributed by atoms with E-state index >= 15 is 0 Å². The summed E-state index contributed by atoms with van der Waals surface area (Å²) < 4.78 is 50.2. The van der Waals surface area contributed by atoms with Gasteiger partial charge in [-0.05, 0) is 61.2 Å². The Bertz CT molecular complexity index is 1140. The van der Waals surface area contributed by atoms with Gasteiger partial charge in [0.1, 0.15) is 11.9 Å². The fraction of sp³-hybridized carbons (Fsp3) is 0.464. The smallest absolute Gasteiger partial charge is 0.416 e. The van der Waals surface area contributed by atoms with Gasteiger partial charge >= 0.3 is 12.3 Å². The SMILES string of the molecule is CC1(C)COc2cc(/C=C/c3ccc(C(F)(F)F)cc3)ccc2C1NC(=O)O[C@@H]1CN2CCC1CC2. The first-order chi connectivity index (χ1) is 17.1. The van der Waals surface area contributed by atoms with Crippen LogP contribution in [-0.2, 0) is 10.9 Å². The van der Waals surface area contributed by atoms with E-state index in [0.717, 1.165) is 55.7 Å². The molecule has 6 rings (SSSR count). The first-order valence-corrected chi connectivity index (χ1v) is 12.4. The second-order valence-electron chi connectivity index (χ2n) is 10.7. The van der Waals surface area contributed by atoms with E-state index in [2.05, 4.69) is 10.2 Å². The molecule has 2 atom stereocenters. The van der Waals surface area contributed by atoms with Gasteiger partial charge in [-0.1, -0.05) is 50.3 Å². The molecule has 1 N–H and O–H groups in total. The molecule has 4 aliphatic rings. The third kappa shape index (κ3) is 5.24. The summed E-state index contributed by atoms with van der Waals surface area (Å²) in [6, 6.07) is 10.5. The topological polar surface area (TPSA) is 50.8 Å². The molecule has 4 aliphatic heterocycles. The number of amides is 1. The molecule has 5 nitrogen and oxygen atoms in total. The van der Waals surface area contributed by atoms with Gasteiger partial charge in [0.15, 0.2) is 0 Å². The highest BCUT2D eigenvalue weighted by Gasteiger charge is 2.41. The first-order valence-electron chi connectivity index (χ1n) is 12.4. The predicted octanol–water partition coefficient (Wildman–Crippen LogP) is 6.16. The summed E-state index contributed by atoms with van der Waals surface area (Å²) in [6.07, 6.45) is 0.930. The van der Waals surface area contributed by atoms with Crippen molar-refractivity contribution in [3.63, 3.8) is 0 Å². The Labute approximate surface area is 209 Å². The molecule has 0 saturated carbocycles. The van der Waals surface area contributed by atoms with Gasteiger partial charge in [0.05, 0.1) is 18.2 Å². The second kappa shape index (κ2) is 9.47. The van der Waals surface area contributed by atoms with Gasteiger partial charge in [-0.2, -0.15) is 13.2 Å². The Kier molecular flexibility index (Phi) is 6.49. The van der Waals surface area contributed by atoms with Crippen molar-refractivity contribution in [1.82, 2.24) is 10.2 Å². The van der Waals surface area contributed by atoms with Crippen LogP contribution in [0.1, 0.15) is 55.0 Å². The highest BCUT2D eigenvalue weighted by molar-refractivity contribution is 5.72. The van der Waals surface area contributed by atoms with E-state index in [0.29, 0.717) is 23.8 Å². The molecule has 36 heavy (non-hydrogen) atoms. The first kappa shape index (κ1) is 24.7. The fourth-order valence-electron chi connectivity index (χ4n) is 5.37. The van der Waals surface area contributed by atoms with Crippen LogP contribution in [0, 0.1) is 11.3 Å². The van der Waals surface area contributed by atoms with Crippen molar-refractivity contribution in [2.75, 3.05) is 26.2 Å². The molecular formula is C28H31F3N2O3. The van der Waals surface area contributed by atoms with E-state index in [1.165, 1.54) is 12.1 Å². The van der Waals surface area contributed by atoms with E-state index in [-0.39, 0.29) is 17.6 Å². The fourth-order valence-corrected chi connectivity index (χ4v) is 5.37. The Morgan fingerprint density at radius 3 is 2.39 bits per heavy atom. The molecule has 4 heterocycles. The highest BCUT2D eigenvalue weighted by Crippen LogP contribution is 2.43. The van der Waals surface area contributed by atoms with E-state index in [9.17, 15) is 18.0 Å². The Morgan fingerprint density at radius 2 is 1.75 bits per heavy atom. The van der Waals surface area contributed by atoms with Crippen LogP contribution in [0.3, 0.4) is 0 Å². The quantitative estimate of drug-likeness (QED) is 0.511. The summed E-state index contributed by atoms with van der Waals surface area (Å²) in [6.45, 7) is 7.50. The highest BCUT2D eigenvalue weighted by atomic mass is 19.4. The van der Waals surface area contributed by atoms with Gasteiger partial charge in [0.2, 0.25) is 0 Å². The van der Waals surface area contributed by atoms with Crippen LogP contribution in [0.15, 0.2) is 42.5 Å². The number of alkyl carbamates (subject to hydrolysis) is 1. The van der Waals surface area contributed by atoms with Gasteiger partial charge in [0, 0.05) is 17.5 Å². The third-order valence-corrected chi connectivity index (χ3v) is 7.55. The van der Waals surface area contributed by atoms with Crippen LogP contribution in [0.2, 0.25) is 0 Å². The number of fused-ring (bicyclic) bond motifs is 4. The zero-order valence-electron chi connectivity index (χ0n) is 20.5. The summed E-state index contributed by atoms with van der Waals surface area (Å²) in [5, 5.41) is 3.10. The lowest BCUT2D eigenvalue weighted by Gasteiger charge is -2.44. The molecule has 1 unspecified atom stereocenters. The van der Waals surface area contributed by atoms with E-state index in [4.69, 9.17) is 9.47 Å². The lowest BCUT2D eigenvalue weighted by molar-refractivity contribution is -0.137. The largest absolute Gasteiger partial charge is 0.493 e. The average Bonchev–Trinajstić information content (AvgIpc) is 2.85. The number of ether oxygens (including phenoxy) is 2. The van der Waals surface area contributed by atoms with Gasteiger partial charge < -0.3 is 14.8 Å². The number of nitrogens with zero attached hydrogens (tertiary/aromatic N) is 1. The maximum Gasteiger partial charge on any atom is 0.416 e. The molecule has 0 spiro atoms. The minimum Gasteiger partial charge on any atom is -0.493 e. The van der Waals surface area contributed by atoms with Crippen molar-refractivity contribution in [2.45, 2.75) is 45.0 Å². The van der Waals surface area contributed by atoms with Gasteiger partial charge in [-0.15, -0.1) is 0 Å². The molecular weight excluding hydrogens is 469 g/mol. The minimum atomic E-state index is -4.35. The average molecular weight is 501 g/mol. The van der Waals surface area contributed by atoms with Gasteiger partial charge in [-0.3, -0.25) is 4.90 Å². The number of carbonyl (C=O) groups is 1. The molecule has 3 saturated heterocycles. The predicted molar refractivity (Wildman–Crippen MR) is 131 cm³/mol. The van der Waals surface area contributed by atoms with Crippen molar-refractivity contribution in [2.24, 2.45) is 11.3 Å². The number of piperidine rings is 3. The Morgan fingerprint density at radius 1 is 1.08 bits per heavy atom. The van der Waals surface area contributed by atoms with Crippen molar-refractivity contribution in [1.29, 1.82) is 0 Å². The van der Waals surface area contributed by atoms with Crippen LogP contribution in [0.25, 0.3) is 12.2 Å². The van der Waals surface area contributed by atoms with E-state index in [1.807, 2.05) is 38.1 Å². The zero-order valence-corrected chi connectivity index (χ0v) is 20.5. The lowest BCUT2D eigenvalue weighted by atomic mass is 9.79. The number of hydrogen-bond acceptors (Lipinski definition) is 4. The molecule has 2 bridgehead atoms. The monoisotopic (exact) mass is 500 g/mol. The molecule has 2 aromatic carbocycles. The summed E-state index contributed by atoms with van der Waals surface area (Å²) >= 11 is 0. The summed E-state index contributed by atoms with van der Waals surface area (Å²) in [5.74, 6) is 1.12. The number of benzene rings is 2. The lowest BCUT2D eigenvalue weighted by Crippen LogP contribution is -2.53. The summed E-state index contributed by atoms with van der Waals surface area (Å²) in [4.78, 5) is 15.2. The molecule has 3 fully saturated rings. The van der Waals surface area contributed by atoms with Crippen LogP contribution in [0.5, 0.6) is 5.75 Å². The second-order valence-corrected chi connectivity index (χ2v) is 10.7. The third-order valence-electron chi connectivity index (χ3n) is 7.55. The van der Waals surface area contributed by atoms with Gasteiger partial charge in [-0.25, -0.2) is 4.79 Å². The number of rotatable bonds is 4. The van der Waals surface area contributed by atoms with Crippen LogP contribution >= 0.6 is 0 Å². The Balaban J connectivity index is 1.28. The van der Waals surface area contributed by atoms with E-state index < -0.39 is 17.8 Å². The van der Waals surface area contributed by atoms with Crippen LogP contribution in [-0.4, -0.2) is 43.3 Å². The van der Waals surface area contributed by atoms with Crippen molar-refractivity contribution in [3.8, 4) is 5.75 Å². The van der Waals surface area contributed by atoms with Crippen molar-refractivity contribution < 1.29 is 27.4 Å². The van der Waals surface area contributed by atoms with Crippen LogP contribution < -0.4 is 10.1 Å². The normalized spacial score (nSPS) is 26.8. The van der Waals surface area contributed by atoms with Crippen molar-refractivity contribution >= 4 is 18.2 Å². The molecule has 192 valence electrons. The van der Waals surface area contributed by atoms with E-state index in [1.54, 1.807) is 6.08 Å². The molecule has 0 aromatic heterocycles. The molecule has 2 aromatic rings. The maximum atomic E-state index is 12.9. The zero-order chi connectivity index (χ0) is 25.5. The molecule has 8 heteroatoms. The number of hydrogen-bond donors (Lipinski definition) is 1. The summed E-state index contributed by atoms with van der Waals surface area (Å²) in [5.41, 5.74) is 1.39. The molecule has 0 radical (unpaired) electrons. The Hall–Kier alpha value is -3.00. The van der Waals surface area contributed by atoms with Gasteiger partial charge in [0.25, 0.3) is 0 Å². The number of nitrogens with one attached hydrogen (secondary N) is 1.